The summed E-state index contributed by atoms with van der Waals surface area (Å²) in [6.07, 6.45) is -3.40. The topological polar surface area (TPSA) is 112 Å². The lowest BCUT2D eigenvalue weighted by Gasteiger charge is -2.40. The molecule has 0 aromatic heterocycles. The highest BCUT2D eigenvalue weighted by atomic mass is 16.7. The molecule has 1 heterocycles. The van der Waals surface area contributed by atoms with Crippen LogP contribution in [0.5, 0.6) is 5.75 Å². The highest BCUT2D eigenvalue weighted by molar-refractivity contribution is 5.87. The average molecular weight is 366 g/mol. The van der Waals surface area contributed by atoms with Crippen LogP contribution in [0.15, 0.2) is 30.3 Å². The molecule has 0 amide bonds. The number of aliphatic hydroxyl groups excluding tert-OH is 2. The number of carbonyl (C=O) groups excluding carboxylic acids is 2. The number of ether oxygens (including phenoxy) is 4. The quantitative estimate of drug-likeness (QED) is 0.577. The smallest absolute Gasteiger partial charge is 0.331 e. The van der Waals surface area contributed by atoms with E-state index in [4.69, 9.17) is 18.9 Å². The molecule has 1 aromatic carbocycles. The lowest BCUT2D eigenvalue weighted by molar-refractivity contribution is -0.283. The van der Waals surface area contributed by atoms with Crippen molar-refractivity contribution in [1.82, 2.24) is 0 Å². The Balaban J connectivity index is 2.06. The number of benzene rings is 1. The van der Waals surface area contributed by atoms with Crippen LogP contribution in [0.1, 0.15) is 19.4 Å². The minimum absolute atomic E-state index is 0.676. The summed E-state index contributed by atoms with van der Waals surface area (Å²) in [5.41, 5.74) is 0.752. The summed E-state index contributed by atoms with van der Waals surface area (Å²) in [5, 5.41) is 19.6. The zero-order valence-electron chi connectivity index (χ0n) is 14.7. The monoisotopic (exact) mass is 366 g/mol. The minimum Gasteiger partial charge on any atom is -0.497 e. The van der Waals surface area contributed by atoms with Crippen LogP contribution in [-0.2, 0) is 23.8 Å². The van der Waals surface area contributed by atoms with Gasteiger partial charge in [-0.1, -0.05) is 12.1 Å². The van der Waals surface area contributed by atoms with E-state index < -0.39 is 42.6 Å². The van der Waals surface area contributed by atoms with Gasteiger partial charge in [0, 0.05) is 13.0 Å². The van der Waals surface area contributed by atoms with Crippen molar-refractivity contribution in [3.63, 3.8) is 0 Å². The second-order valence-corrected chi connectivity index (χ2v) is 5.80. The van der Waals surface area contributed by atoms with Crippen LogP contribution in [0.3, 0.4) is 0 Å². The lowest BCUT2D eigenvalue weighted by Crippen LogP contribution is -2.59. The maximum atomic E-state index is 12.1. The molecule has 1 aromatic rings. The molecule has 0 saturated carbocycles. The third-order valence-corrected chi connectivity index (χ3v) is 3.85. The highest BCUT2D eigenvalue weighted by Crippen LogP contribution is 2.25. The van der Waals surface area contributed by atoms with E-state index in [0.717, 1.165) is 12.5 Å². The summed E-state index contributed by atoms with van der Waals surface area (Å²) in [5.74, 6) is -0.693. The maximum Gasteiger partial charge on any atom is 0.331 e. The molecule has 1 saturated heterocycles. The number of methoxy groups -OCH3 is 1. The van der Waals surface area contributed by atoms with E-state index in [1.165, 1.54) is 13.0 Å². The van der Waals surface area contributed by atoms with E-state index in [1.54, 1.807) is 37.5 Å². The van der Waals surface area contributed by atoms with Crippen molar-refractivity contribution in [3.8, 4) is 5.75 Å². The van der Waals surface area contributed by atoms with E-state index in [-0.39, 0.29) is 0 Å². The summed E-state index contributed by atoms with van der Waals surface area (Å²) in [4.78, 5) is 23.3. The lowest BCUT2D eigenvalue weighted by atomic mass is 9.99. The molecule has 1 aliphatic rings. The van der Waals surface area contributed by atoms with E-state index in [1.807, 2.05) is 0 Å². The van der Waals surface area contributed by atoms with Crippen LogP contribution in [0.4, 0.5) is 0 Å². The predicted octanol–water partition coefficient (Wildman–Crippen LogP) is 0.650. The van der Waals surface area contributed by atoms with Gasteiger partial charge >= 0.3 is 11.9 Å². The van der Waals surface area contributed by atoms with Crippen molar-refractivity contribution < 1.29 is 38.7 Å². The first kappa shape index (κ1) is 19.9. The van der Waals surface area contributed by atoms with Crippen LogP contribution >= 0.6 is 0 Å². The van der Waals surface area contributed by atoms with E-state index in [0.29, 0.717) is 5.75 Å². The van der Waals surface area contributed by atoms with Crippen LogP contribution in [0.2, 0.25) is 0 Å². The first-order valence-corrected chi connectivity index (χ1v) is 8.03. The largest absolute Gasteiger partial charge is 0.497 e. The van der Waals surface area contributed by atoms with Gasteiger partial charge in [-0.25, -0.2) is 4.79 Å². The Labute approximate surface area is 150 Å². The molecular weight excluding hydrogens is 344 g/mol. The summed E-state index contributed by atoms with van der Waals surface area (Å²) >= 11 is 0. The molecule has 142 valence electrons. The molecular formula is C18H22O8. The summed E-state index contributed by atoms with van der Waals surface area (Å²) in [6.45, 7) is 2.69. The van der Waals surface area contributed by atoms with Gasteiger partial charge in [-0.15, -0.1) is 0 Å². The molecule has 0 aliphatic carbocycles. The molecule has 1 fully saturated rings. The first-order valence-electron chi connectivity index (χ1n) is 8.03. The fourth-order valence-corrected chi connectivity index (χ4v) is 2.55. The number of carbonyl (C=O) groups is 2. The third kappa shape index (κ3) is 5.04. The standard InChI is InChI=1S/C18H22O8/c1-10-16(17(25-11(2)19)15(21)18(22)24-10)26-14(20)9-6-12-4-7-13(23-3)8-5-12/h4-10,15-18,21-22H,1-3H3/b9-6+/t10-,15+,16-,17-,18+/m0/s1. The molecule has 8 heteroatoms. The summed E-state index contributed by atoms with van der Waals surface area (Å²) < 4.78 is 20.4. The third-order valence-electron chi connectivity index (χ3n) is 3.85. The second kappa shape index (κ2) is 8.79. The normalized spacial score (nSPS) is 28.6. The molecule has 5 atom stereocenters. The van der Waals surface area contributed by atoms with Gasteiger partial charge in [-0.2, -0.15) is 0 Å². The van der Waals surface area contributed by atoms with Gasteiger partial charge in [0.15, 0.2) is 18.5 Å². The van der Waals surface area contributed by atoms with Crippen molar-refractivity contribution in [3.05, 3.63) is 35.9 Å². The Morgan fingerprint density at radius 3 is 2.35 bits per heavy atom. The van der Waals surface area contributed by atoms with Gasteiger partial charge < -0.3 is 29.2 Å². The van der Waals surface area contributed by atoms with Crippen molar-refractivity contribution in [2.24, 2.45) is 0 Å². The predicted molar refractivity (Wildman–Crippen MR) is 90.0 cm³/mol. The minimum atomic E-state index is -1.54. The maximum absolute atomic E-state index is 12.1. The van der Waals surface area contributed by atoms with E-state index >= 15 is 0 Å². The molecule has 0 bridgehead atoms. The highest BCUT2D eigenvalue weighted by Gasteiger charge is 2.47. The number of esters is 2. The molecule has 0 spiro atoms. The molecule has 8 nitrogen and oxygen atoms in total. The molecule has 26 heavy (non-hydrogen) atoms. The first-order chi connectivity index (χ1) is 12.3. The van der Waals surface area contributed by atoms with Gasteiger partial charge in [-0.3, -0.25) is 4.79 Å². The summed E-state index contributed by atoms with van der Waals surface area (Å²) in [7, 11) is 1.56. The fraction of sp³-hybridized carbons (Fsp3) is 0.444. The van der Waals surface area contributed by atoms with Gasteiger partial charge in [0.1, 0.15) is 11.9 Å². The van der Waals surface area contributed by atoms with Crippen LogP contribution in [0.25, 0.3) is 6.08 Å². The Kier molecular flexibility index (Phi) is 6.73. The Morgan fingerprint density at radius 1 is 1.12 bits per heavy atom. The zero-order valence-corrected chi connectivity index (χ0v) is 14.7. The molecule has 2 N–H and O–H groups in total. The van der Waals surface area contributed by atoms with Crippen LogP contribution in [0, 0.1) is 0 Å². The molecule has 0 unspecified atom stereocenters. The van der Waals surface area contributed by atoms with Gasteiger partial charge in [-0.05, 0) is 30.7 Å². The van der Waals surface area contributed by atoms with Gasteiger partial charge in [0.05, 0.1) is 13.2 Å². The Morgan fingerprint density at radius 2 is 1.77 bits per heavy atom. The molecule has 0 radical (unpaired) electrons. The number of rotatable bonds is 5. The van der Waals surface area contributed by atoms with Crippen molar-refractivity contribution >= 4 is 18.0 Å². The molecule has 2 rings (SSSR count). The Bertz CT molecular complexity index is 654. The molecule has 1 aliphatic heterocycles. The van der Waals surface area contributed by atoms with Crippen molar-refractivity contribution in [1.29, 1.82) is 0 Å². The number of aliphatic hydroxyl groups is 2. The van der Waals surface area contributed by atoms with Crippen molar-refractivity contribution in [2.45, 2.75) is 44.6 Å². The van der Waals surface area contributed by atoms with Gasteiger partial charge in [0.2, 0.25) is 0 Å². The average Bonchev–Trinajstić information content (AvgIpc) is 2.61. The van der Waals surface area contributed by atoms with E-state index in [9.17, 15) is 19.8 Å². The zero-order chi connectivity index (χ0) is 19.3. The van der Waals surface area contributed by atoms with Crippen molar-refractivity contribution in [2.75, 3.05) is 7.11 Å². The number of hydrogen-bond acceptors (Lipinski definition) is 8. The second-order valence-electron chi connectivity index (χ2n) is 5.80. The Hall–Kier alpha value is -2.42. The fourth-order valence-electron chi connectivity index (χ4n) is 2.55. The van der Waals surface area contributed by atoms with Crippen LogP contribution < -0.4 is 4.74 Å². The SMILES string of the molecule is COc1ccc(/C=C/C(=O)O[C@@H]2[C@@H](OC(C)=O)[C@@H](O)[C@H](O)O[C@H]2C)cc1. The van der Waals surface area contributed by atoms with Crippen LogP contribution in [-0.4, -0.2) is 60.0 Å². The number of hydrogen-bond donors (Lipinski definition) is 2. The van der Waals surface area contributed by atoms with Gasteiger partial charge in [0.25, 0.3) is 0 Å². The van der Waals surface area contributed by atoms with E-state index in [2.05, 4.69) is 0 Å². The summed E-state index contributed by atoms with van der Waals surface area (Å²) in [6, 6.07) is 7.01.